The Bertz CT molecular complexity index is 777. The van der Waals surface area contributed by atoms with E-state index >= 15 is 0 Å². The molecule has 3 rings (SSSR count). The molecule has 2 N–H and O–H groups in total. The van der Waals surface area contributed by atoms with Crippen molar-refractivity contribution in [2.45, 2.75) is 32.7 Å². The number of likely N-dealkylation sites (tertiary alicyclic amines) is 1. The molecule has 1 aromatic carbocycles. The third-order valence-electron chi connectivity index (χ3n) is 5.13. The van der Waals surface area contributed by atoms with Gasteiger partial charge in [-0.05, 0) is 50.0 Å². The van der Waals surface area contributed by atoms with E-state index in [1.165, 1.54) is 0 Å². The van der Waals surface area contributed by atoms with Gasteiger partial charge in [-0.15, -0.1) is 24.8 Å². The standard InChI is InChI=1S/C21H29N5O2.2ClH/c1-2-22-15-17-6-11-26(12-7-17)21(28)18-4-3-5-19(14-18)24-20(27)8-10-25-13-9-23-16-25;;/h3-5,9,13-14,16-17,22H,2,6-8,10-12,15H2,1H3,(H,24,27);2*1H. The van der Waals surface area contributed by atoms with Gasteiger partial charge in [-0.1, -0.05) is 13.0 Å². The first-order valence-corrected chi connectivity index (χ1v) is 10.0. The van der Waals surface area contributed by atoms with Crippen molar-refractivity contribution in [3.05, 3.63) is 48.5 Å². The monoisotopic (exact) mass is 455 g/mol. The summed E-state index contributed by atoms with van der Waals surface area (Å²) in [5.74, 6) is 0.601. The number of hydrogen-bond donors (Lipinski definition) is 2. The van der Waals surface area contributed by atoms with E-state index in [0.29, 0.717) is 30.1 Å². The Hall–Kier alpha value is -2.09. The summed E-state index contributed by atoms with van der Waals surface area (Å²) in [6.07, 6.45) is 7.62. The van der Waals surface area contributed by atoms with Crippen molar-refractivity contribution >= 4 is 42.3 Å². The third-order valence-corrected chi connectivity index (χ3v) is 5.13. The highest BCUT2D eigenvalue weighted by Crippen LogP contribution is 2.20. The number of carbonyl (C=O) groups is 2. The smallest absolute Gasteiger partial charge is 0.253 e. The van der Waals surface area contributed by atoms with Crippen LogP contribution in [0.2, 0.25) is 0 Å². The van der Waals surface area contributed by atoms with Gasteiger partial charge >= 0.3 is 0 Å². The van der Waals surface area contributed by atoms with E-state index in [1.54, 1.807) is 18.6 Å². The Kier molecular flexibility index (Phi) is 11.5. The third kappa shape index (κ3) is 7.63. The van der Waals surface area contributed by atoms with Gasteiger partial charge in [0, 0.05) is 49.7 Å². The lowest BCUT2D eigenvalue weighted by Crippen LogP contribution is -2.40. The van der Waals surface area contributed by atoms with Gasteiger partial charge in [0.1, 0.15) is 0 Å². The second-order valence-electron chi connectivity index (χ2n) is 7.22. The normalized spacial score (nSPS) is 13.8. The van der Waals surface area contributed by atoms with Crippen LogP contribution >= 0.6 is 24.8 Å². The molecule has 2 aromatic rings. The van der Waals surface area contributed by atoms with Crippen molar-refractivity contribution in [3.8, 4) is 0 Å². The number of hydrogen-bond acceptors (Lipinski definition) is 4. The van der Waals surface area contributed by atoms with Crippen molar-refractivity contribution in [2.75, 3.05) is 31.5 Å². The summed E-state index contributed by atoms with van der Waals surface area (Å²) >= 11 is 0. The summed E-state index contributed by atoms with van der Waals surface area (Å²) in [5, 5.41) is 6.27. The summed E-state index contributed by atoms with van der Waals surface area (Å²) in [6.45, 7) is 6.28. The van der Waals surface area contributed by atoms with Crippen LogP contribution in [0.5, 0.6) is 0 Å². The van der Waals surface area contributed by atoms with Gasteiger partial charge in [-0.3, -0.25) is 9.59 Å². The molecule has 166 valence electrons. The number of halogens is 2. The molecule has 0 saturated carbocycles. The lowest BCUT2D eigenvalue weighted by Gasteiger charge is -2.32. The van der Waals surface area contributed by atoms with E-state index < -0.39 is 0 Å². The second-order valence-corrected chi connectivity index (χ2v) is 7.22. The molecule has 9 heteroatoms. The number of aromatic nitrogens is 2. The van der Waals surface area contributed by atoms with E-state index in [-0.39, 0.29) is 36.6 Å². The van der Waals surface area contributed by atoms with Crippen LogP contribution in [-0.4, -0.2) is 52.4 Å². The van der Waals surface area contributed by atoms with Crippen molar-refractivity contribution in [1.82, 2.24) is 19.8 Å². The Morgan fingerprint density at radius 1 is 1.20 bits per heavy atom. The predicted molar refractivity (Wildman–Crippen MR) is 124 cm³/mol. The highest BCUT2D eigenvalue weighted by molar-refractivity contribution is 5.97. The van der Waals surface area contributed by atoms with Crippen LogP contribution in [0.3, 0.4) is 0 Å². The van der Waals surface area contributed by atoms with Crippen LogP contribution in [0.4, 0.5) is 5.69 Å². The molecular formula is C21H31Cl2N5O2. The Labute approximate surface area is 190 Å². The minimum atomic E-state index is -0.0810. The first-order chi connectivity index (χ1) is 13.7. The number of benzene rings is 1. The van der Waals surface area contributed by atoms with Crippen molar-refractivity contribution in [3.63, 3.8) is 0 Å². The fourth-order valence-electron chi connectivity index (χ4n) is 3.47. The molecular weight excluding hydrogens is 425 g/mol. The van der Waals surface area contributed by atoms with Crippen molar-refractivity contribution < 1.29 is 9.59 Å². The Balaban J connectivity index is 0.00000225. The number of aryl methyl sites for hydroxylation is 1. The molecule has 0 aliphatic carbocycles. The van der Waals surface area contributed by atoms with Crippen molar-refractivity contribution in [2.24, 2.45) is 5.92 Å². The van der Waals surface area contributed by atoms with E-state index in [1.807, 2.05) is 33.9 Å². The maximum Gasteiger partial charge on any atom is 0.253 e. The number of nitrogens with zero attached hydrogens (tertiary/aromatic N) is 3. The number of amides is 2. The number of piperidine rings is 1. The van der Waals surface area contributed by atoms with Gasteiger partial charge < -0.3 is 20.1 Å². The first kappa shape index (κ1) is 25.9. The minimum Gasteiger partial charge on any atom is -0.339 e. The average Bonchev–Trinajstić information content (AvgIpc) is 3.24. The largest absolute Gasteiger partial charge is 0.339 e. The highest BCUT2D eigenvalue weighted by Gasteiger charge is 2.23. The average molecular weight is 456 g/mol. The zero-order chi connectivity index (χ0) is 19.8. The minimum absolute atomic E-state index is 0. The molecule has 0 unspecified atom stereocenters. The number of anilines is 1. The molecule has 1 aliphatic rings. The zero-order valence-electron chi connectivity index (χ0n) is 17.3. The van der Waals surface area contributed by atoms with Crippen LogP contribution < -0.4 is 10.6 Å². The molecule has 1 aromatic heterocycles. The molecule has 0 bridgehead atoms. The van der Waals surface area contributed by atoms with Crippen LogP contribution in [-0.2, 0) is 11.3 Å². The van der Waals surface area contributed by atoms with Crippen LogP contribution in [0.1, 0.15) is 36.5 Å². The molecule has 0 radical (unpaired) electrons. The zero-order valence-corrected chi connectivity index (χ0v) is 18.9. The predicted octanol–water partition coefficient (Wildman–Crippen LogP) is 3.22. The number of carbonyl (C=O) groups excluding carboxylic acids is 2. The number of rotatable bonds is 8. The lowest BCUT2D eigenvalue weighted by molar-refractivity contribution is -0.116. The quantitative estimate of drug-likeness (QED) is 0.640. The molecule has 30 heavy (non-hydrogen) atoms. The molecule has 2 heterocycles. The Morgan fingerprint density at radius 3 is 2.63 bits per heavy atom. The maximum absolute atomic E-state index is 12.8. The van der Waals surface area contributed by atoms with Crippen LogP contribution in [0.15, 0.2) is 43.0 Å². The van der Waals surface area contributed by atoms with Crippen LogP contribution in [0.25, 0.3) is 0 Å². The fourth-order valence-corrected chi connectivity index (χ4v) is 3.47. The van der Waals surface area contributed by atoms with Gasteiger partial charge in [0.2, 0.25) is 5.91 Å². The molecule has 7 nitrogen and oxygen atoms in total. The number of imidazole rings is 1. The molecule has 2 amide bonds. The molecule has 1 saturated heterocycles. The fraction of sp³-hybridized carbons (Fsp3) is 0.476. The highest BCUT2D eigenvalue weighted by atomic mass is 35.5. The van der Waals surface area contributed by atoms with Gasteiger partial charge in [-0.25, -0.2) is 4.98 Å². The maximum atomic E-state index is 12.8. The summed E-state index contributed by atoms with van der Waals surface area (Å²) in [6, 6.07) is 7.21. The van der Waals surface area contributed by atoms with Crippen LogP contribution in [0, 0.1) is 5.92 Å². The second kappa shape index (κ2) is 13.3. The summed E-state index contributed by atoms with van der Waals surface area (Å²) in [5.41, 5.74) is 1.28. The van der Waals surface area contributed by atoms with Crippen molar-refractivity contribution in [1.29, 1.82) is 0 Å². The topological polar surface area (TPSA) is 79.3 Å². The SMILES string of the molecule is CCNCC1CCN(C(=O)c2cccc(NC(=O)CCn3ccnc3)c2)CC1.Cl.Cl. The van der Waals surface area contributed by atoms with E-state index in [4.69, 9.17) is 0 Å². The van der Waals surface area contributed by atoms with E-state index in [0.717, 1.165) is 39.0 Å². The number of nitrogens with one attached hydrogen (secondary N) is 2. The molecule has 1 fully saturated rings. The lowest BCUT2D eigenvalue weighted by atomic mass is 9.96. The molecule has 0 spiro atoms. The van der Waals surface area contributed by atoms with Gasteiger partial charge in [0.15, 0.2) is 0 Å². The molecule has 0 atom stereocenters. The summed E-state index contributed by atoms with van der Waals surface area (Å²) < 4.78 is 1.86. The van der Waals surface area contributed by atoms with Gasteiger partial charge in [0.25, 0.3) is 5.91 Å². The first-order valence-electron chi connectivity index (χ1n) is 10.0. The van der Waals surface area contributed by atoms with Gasteiger partial charge in [0.05, 0.1) is 6.33 Å². The van der Waals surface area contributed by atoms with E-state index in [2.05, 4.69) is 22.5 Å². The summed E-state index contributed by atoms with van der Waals surface area (Å²) in [4.78, 5) is 30.9. The molecule has 1 aliphatic heterocycles. The van der Waals surface area contributed by atoms with E-state index in [9.17, 15) is 9.59 Å². The summed E-state index contributed by atoms with van der Waals surface area (Å²) in [7, 11) is 0. The van der Waals surface area contributed by atoms with Gasteiger partial charge in [-0.2, -0.15) is 0 Å². The Morgan fingerprint density at radius 2 is 1.97 bits per heavy atom.